The summed E-state index contributed by atoms with van der Waals surface area (Å²) in [6.07, 6.45) is 3.56. The Balaban J connectivity index is 1.74. The molecule has 1 fully saturated rings. The highest BCUT2D eigenvalue weighted by molar-refractivity contribution is 6.05. The lowest BCUT2D eigenvalue weighted by Crippen LogP contribution is -2.57. The van der Waals surface area contributed by atoms with Gasteiger partial charge in [-0.05, 0) is 74.3 Å². The summed E-state index contributed by atoms with van der Waals surface area (Å²) in [7, 11) is 0. The molecule has 0 atom stereocenters. The van der Waals surface area contributed by atoms with Crippen LogP contribution in [0.4, 0.5) is 0 Å². The van der Waals surface area contributed by atoms with Crippen molar-refractivity contribution in [1.29, 1.82) is 0 Å². The maximum absolute atomic E-state index is 13.5. The van der Waals surface area contributed by atoms with Gasteiger partial charge in [-0.25, -0.2) is 9.67 Å². The molecule has 3 aromatic heterocycles. The van der Waals surface area contributed by atoms with E-state index in [-0.39, 0.29) is 40.9 Å². The average molecular weight is 479 g/mol. The van der Waals surface area contributed by atoms with Gasteiger partial charge in [0.2, 0.25) is 0 Å². The van der Waals surface area contributed by atoms with Gasteiger partial charge >= 0.3 is 0 Å². The molecule has 35 heavy (non-hydrogen) atoms. The number of carbonyl (C=O) groups excluding carboxylic acids is 1. The van der Waals surface area contributed by atoms with E-state index in [9.17, 15) is 9.59 Å². The van der Waals surface area contributed by atoms with E-state index in [4.69, 9.17) is 4.98 Å². The number of rotatable bonds is 5. The van der Waals surface area contributed by atoms with Crippen molar-refractivity contribution in [2.45, 2.75) is 97.8 Å². The van der Waals surface area contributed by atoms with Crippen LogP contribution in [0.3, 0.4) is 0 Å². The van der Waals surface area contributed by atoms with Gasteiger partial charge in [0.15, 0.2) is 11.1 Å². The largest absolute Gasteiger partial charge is 0.362 e. The second-order valence-electron chi connectivity index (χ2n) is 11.6. The van der Waals surface area contributed by atoms with Gasteiger partial charge in [-0.15, -0.1) is 0 Å². The number of carbonyl (C=O) groups is 1. The van der Waals surface area contributed by atoms with E-state index in [1.807, 2.05) is 24.6 Å². The SMILES string of the molecule is Cc1cc(=O)c(CNC(=O)c2cc(C3CC(C)(C)NC(C)(C)C3)nc3c2cnn3C(C)C)c(C)[nH]1. The van der Waals surface area contributed by atoms with Crippen LogP contribution in [0.25, 0.3) is 11.0 Å². The van der Waals surface area contributed by atoms with Crippen molar-refractivity contribution in [1.82, 2.24) is 30.4 Å². The number of hydrogen-bond donors (Lipinski definition) is 3. The molecule has 1 amide bonds. The molecule has 1 aliphatic heterocycles. The average Bonchev–Trinajstić information content (AvgIpc) is 3.14. The number of hydrogen-bond acceptors (Lipinski definition) is 5. The maximum Gasteiger partial charge on any atom is 0.252 e. The standard InChI is InChI=1S/C27H38N6O2/c1-15(2)33-24-21(14-29-33)19(25(35)28-13-20-17(4)30-16(3)9-23(20)34)10-22(31-24)18-11-26(5,6)32-27(7,8)12-18/h9-10,14-15,18,32H,11-13H2,1-8H3,(H,28,35)(H,30,34). The van der Waals surface area contributed by atoms with E-state index >= 15 is 0 Å². The summed E-state index contributed by atoms with van der Waals surface area (Å²) in [4.78, 5) is 34.2. The summed E-state index contributed by atoms with van der Waals surface area (Å²) in [6, 6.07) is 3.60. The molecule has 0 radical (unpaired) electrons. The van der Waals surface area contributed by atoms with E-state index < -0.39 is 0 Å². The van der Waals surface area contributed by atoms with Crippen LogP contribution in [0.15, 0.2) is 23.1 Å². The predicted octanol–water partition coefficient (Wildman–Crippen LogP) is 4.27. The minimum Gasteiger partial charge on any atom is -0.362 e. The van der Waals surface area contributed by atoms with Crippen LogP contribution in [-0.4, -0.2) is 36.7 Å². The fourth-order valence-corrected chi connectivity index (χ4v) is 5.70. The molecule has 4 rings (SSSR count). The van der Waals surface area contributed by atoms with Crippen molar-refractivity contribution < 1.29 is 4.79 Å². The third-order valence-electron chi connectivity index (χ3n) is 6.84. The van der Waals surface area contributed by atoms with Crippen molar-refractivity contribution in [3.05, 3.63) is 56.8 Å². The first kappa shape index (κ1) is 25.1. The molecular weight excluding hydrogens is 440 g/mol. The van der Waals surface area contributed by atoms with Crippen LogP contribution in [0, 0.1) is 13.8 Å². The molecule has 8 heteroatoms. The molecule has 0 unspecified atom stereocenters. The van der Waals surface area contributed by atoms with Gasteiger partial charge in [-0.3, -0.25) is 9.59 Å². The number of aromatic nitrogens is 4. The summed E-state index contributed by atoms with van der Waals surface area (Å²) < 4.78 is 1.88. The topological polar surface area (TPSA) is 105 Å². The lowest BCUT2D eigenvalue weighted by atomic mass is 9.74. The second-order valence-corrected chi connectivity index (χ2v) is 11.6. The third kappa shape index (κ3) is 5.17. The van der Waals surface area contributed by atoms with Gasteiger partial charge in [-0.2, -0.15) is 5.10 Å². The van der Waals surface area contributed by atoms with Crippen molar-refractivity contribution in [2.24, 2.45) is 0 Å². The number of pyridine rings is 2. The summed E-state index contributed by atoms with van der Waals surface area (Å²) >= 11 is 0. The first-order valence-electron chi connectivity index (χ1n) is 12.4. The minimum absolute atomic E-state index is 0.0479. The third-order valence-corrected chi connectivity index (χ3v) is 6.84. The van der Waals surface area contributed by atoms with E-state index in [1.54, 1.807) is 12.3 Å². The van der Waals surface area contributed by atoms with Crippen LogP contribution in [-0.2, 0) is 6.54 Å². The van der Waals surface area contributed by atoms with E-state index in [2.05, 4.69) is 62.3 Å². The molecule has 188 valence electrons. The fraction of sp³-hybridized carbons (Fsp3) is 0.556. The number of nitrogens with one attached hydrogen (secondary N) is 3. The highest BCUT2D eigenvalue weighted by Crippen LogP contribution is 2.39. The Morgan fingerprint density at radius 3 is 2.43 bits per heavy atom. The van der Waals surface area contributed by atoms with Crippen molar-refractivity contribution >= 4 is 16.9 Å². The number of amides is 1. The van der Waals surface area contributed by atoms with Crippen molar-refractivity contribution in [3.8, 4) is 0 Å². The quantitative estimate of drug-likeness (QED) is 0.508. The molecular formula is C27H38N6O2. The van der Waals surface area contributed by atoms with Crippen LogP contribution in [0.2, 0.25) is 0 Å². The number of nitrogens with zero attached hydrogens (tertiary/aromatic N) is 3. The van der Waals surface area contributed by atoms with Crippen LogP contribution in [0.1, 0.15) is 99.3 Å². The molecule has 3 aromatic rings. The number of aromatic amines is 1. The summed E-state index contributed by atoms with van der Waals surface area (Å²) in [5, 5.41) is 12.0. The summed E-state index contributed by atoms with van der Waals surface area (Å²) in [5.74, 6) is -0.0244. The molecule has 0 bridgehead atoms. The molecule has 0 saturated carbocycles. The van der Waals surface area contributed by atoms with Gasteiger partial charge in [0.05, 0.1) is 17.1 Å². The van der Waals surface area contributed by atoms with Gasteiger partial charge in [0.25, 0.3) is 5.91 Å². The van der Waals surface area contributed by atoms with Crippen molar-refractivity contribution in [2.75, 3.05) is 0 Å². The Morgan fingerprint density at radius 1 is 1.17 bits per heavy atom. The van der Waals surface area contributed by atoms with Gasteiger partial charge in [-0.1, -0.05) is 0 Å². The van der Waals surface area contributed by atoms with Crippen LogP contribution >= 0.6 is 0 Å². The molecule has 1 aliphatic rings. The molecule has 3 N–H and O–H groups in total. The first-order chi connectivity index (χ1) is 16.3. The smallest absolute Gasteiger partial charge is 0.252 e. The Hall–Kier alpha value is -3.00. The van der Waals surface area contributed by atoms with Gasteiger partial charge < -0.3 is 15.6 Å². The normalized spacial score (nSPS) is 17.7. The zero-order chi connectivity index (χ0) is 25.7. The number of H-pyrrole nitrogens is 1. The van der Waals surface area contributed by atoms with Crippen LogP contribution < -0.4 is 16.1 Å². The first-order valence-corrected chi connectivity index (χ1v) is 12.4. The lowest BCUT2D eigenvalue weighted by Gasteiger charge is -2.46. The Morgan fingerprint density at radius 2 is 1.83 bits per heavy atom. The monoisotopic (exact) mass is 478 g/mol. The molecule has 0 aliphatic carbocycles. The van der Waals surface area contributed by atoms with Crippen molar-refractivity contribution in [3.63, 3.8) is 0 Å². The lowest BCUT2D eigenvalue weighted by molar-refractivity contribution is 0.0952. The van der Waals surface area contributed by atoms with Gasteiger partial charge in [0.1, 0.15) is 0 Å². The molecule has 1 saturated heterocycles. The van der Waals surface area contributed by atoms with Gasteiger partial charge in [0, 0.05) is 58.3 Å². The van der Waals surface area contributed by atoms with E-state index in [0.29, 0.717) is 11.1 Å². The maximum atomic E-state index is 13.5. The second kappa shape index (κ2) is 8.90. The number of aryl methyl sites for hydroxylation is 2. The molecule has 4 heterocycles. The molecule has 0 aromatic carbocycles. The summed E-state index contributed by atoms with van der Waals surface area (Å²) in [5.41, 5.74) is 4.15. The zero-order valence-electron chi connectivity index (χ0n) is 22.2. The Kier molecular flexibility index (Phi) is 6.38. The highest BCUT2D eigenvalue weighted by atomic mass is 16.1. The van der Waals surface area contributed by atoms with E-state index in [1.165, 1.54) is 0 Å². The minimum atomic E-state index is -0.228. The molecule has 8 nitrogen and oxygen atoms in total. The summed E-state index contributed by atoms with van der Waals surface area (Å²) in [6.45, 7) is 16.8. The Bertz CT molecular complexity index is 1320. The highest BCUT2D eigenvalue weighted by Gasteiger charge is 2.39. The molecule has 0 spiro atoms. The predicted molar refractivity (Wildman–Crippen MR) is 139 cm³/mol. The van der Waals surface area contributed by atoms with E-state index in [0.717, 1.165) is 41.0 Å². The number of piperidine rings is 1. The van der Waals surface area contributed by atoms with Crippen LogP contribution in [0.5, 0.6) is 0 Å². The number of fused-ring (bicyclic) bond motifs is 1. The Labute approximate surface area is 206 Å². The zero-order valence-corrected chi connectivity index (χ0v) is 22.2. The fourth-order valence-electron chi connectivity index (χ4n) is 5.70.